The smallest absolute Gasteiger partial charge is 1.00 e. The summed E-state index contributed by atoms with van der Waals surface area (Å²) in [5.41, 5.74) is 0. The van der Waals surface area contributed by atoms with E-state index in [-0.39, 0.29) is 58.8 Å². The van der Waals surface area contributed by atoms with Crippen LogP contribution in [0.2, 0.25) is 0 Å². The standard InChI is InChI=1S/C6H12O2.K.H/c1-3-4-5-8-6(2)7;;/h3-5H2,1-2H3;;/q;+1;-1. The second kappa shape index (κ2) is 9.11. The van der Waals surface area contributed by atoms with E-state index in [4.69, 9.17) is 0 Å². The number of hydrogen-bond acceptors (Lipinski definition) is 2. The molecule has 3 heteroatoms. The van der Waals surface area contributed by atoms with Gasteiger partial charge >= 0.3 is 57.4 Å². The second-order valence-electron chi connectivity index (χ2n) is 1.69. The Balaban J connectivity index is -0.000000245. The molecular formula is C6H13KO2. The molecular weight excluding hydrogens is 143 g/mol. The van der Waals surface area contributed by atoms with Crippen LogP contribution < -0.4 is 51.4 Å². The summed E-state index contributed by atoms with van der Waals surface area (Å²) in [5.74, 6) is -0.182. The van der Waals surface area contributed by atoms with Crippen LogP contribution in [0.4, 0.5) is 0 Å². The molecule has 50 valence electrons. The van der Waals surface area contributed by atoms with Crippen molar-refractivity contribution in [2.24, 2.45) is 0 Å². The van der Waals surface area contributed by atoms with E-state index in [2.05, 4.69) is 11.7 Å². The van der Waals surface area contributed by atoms with Crippen molar-refractivity contribution >= 4 is 5.97 Å². The van der Waals surface area contributed by atoms with Gasteiger partial charge in [-0.1, -0.05) is 13.3 Å². The third kappa shape index (κ3) is 12.3. The number of unbranched alkanes of at least 4 members (excludes halogenated alkanes) is 1. The van der Waals surface area contributed by atoms with Crippen molar-refractivity contribution in [3.8, 4) is 0 Å². The fourth-order valence-electron chi connectivity index (χ4n) is 0.360. The van der Waals surface area contributed by atoms with E-state index in [1.165, 1.54) is 6.92 Å². The predicted molar refractivity (Wildman–Crippen MR) is 32.7 cm³/mol. The van der Waals surface area contributed by atoms with Gasteiger partial charge in [0.15, 0.2) is 0 Å². The molecule has 0 spiro atoms. The van der Waals surface area contributed by atoms with Gasteiger partial charge in [-0.2, -0.15) is 0 Å². The van der Waals surface area contributed by atoms with Gasteiger partial charge in [0.1, 0.15) is 0 Å². The SMILES string of the molecule is CCCCOC(C)=O.[H-].[K+]. The van der Waals surface area contributed by atoms with Crippen LogP contribution in [-0.4, -0.2) is 12.6 Å². The van der Waals surface area contributed by atoms with Gasteiger partial charge in [-0.25, -0.2) is 0 Å². The van der Waals surface area contributed by atoms with Gasteiger partial charge in [-0.3, -0.25) is 4.79 Å². The summed E-state index contributed by atoms with van der Waals surface area (Å²) in [6.45, 7) is 4.06. The Kier molecular flexibility index (Phi) is 12.9. The molecule has 0 aromatic heterocycles. The zero-order valence-electron chi connectivity index (χ0n) is 7.44. The van der Waals surface area contributed by atoms with Crippen LogP contribution in [0.3, 0.4) is 0 Å². The molecule has 0 fully saturated rings. The molecule has 0 aliphatic carbocycles. The van der Waals surface area contributed by atoms with Crippen LogP contribution in [0.25, 0.3) is 0 Å². The van der Waals surface area contributed by atoms with Crippen LogP contribution in [0.5, 0.6) is 0 Å². The fourth-order valence-corrected chi connectivity index (χ4v) is 0.360. The third-order valence-corrected chi connectivity index (χ3v) is 0.803. The van der Waals surface area contributed by atoms with Crippen molar-refractivity contribution in [2.75, 3.05) is 6.61 Å². The van der Waals surface area contributed by atoms with E-state index in [9.17, 15) is 4.79 Å². The van der Waals surface area contributed by atoms with Gasteiger partial charge < -0.3 is 6.16 Å². The van der Waals surface area contributed by atoms with Crippen LogP contribution in [-0.2, 0) is 9.53 Å². The van der Waals surface area contributed by atoms with Gasteiger partial charge in [0.25, 0.3) is 0 Å². The second-order valence-corrected chi connectivity index (χ2v) is 1.69. The molecule has 0 atom stereocenters. The Bertz CT molecular complexity index is 78.1. The van der Waals surface area contributed by atoms with Crippen molar-refractivity contribution in [3.63, 3.8) is 0 Å². The average molecular weight is 156 g/mol. The molecule has 0 amide bonds. The van der Waals surface area contributed by atoms with Crippen molar-refractivity contribution < 1.29 is 62.3 Å². The number of carbonyl (C=O) groups excluding carboxylic acids is 1. The first-order valence-corrected chi connectivity index (χ1v) is 2.90. The Labute approximate surface area is 100 Å². The molecule has 0 bridgehead atoms. The van der Waals surface area contributed by atoms with E-state index in [1.807, 2.05) is 0 Å². The molecule has 0 radical (unpaired) electrons. The van der Waals surface area contributed by atoms with Crippen molar-refractivity contribution in [1.82, 2.24) is 0 Å². The summed E-state index contributed by atoms with van der Waals surface area (Å²) < 4.78 is 4.64. The molecule has 0 heterocycles. The van der Waals surface area contributed by atoms with E-state index < -0.39 is 0 Å². The molecule has 0 aromatic carbocycles. The van der Waals surface area contributed by atoms with Gasteiger partial charge in [-0.15, -0.1) is 0 Å². The predicted octanol–water partition coefficient (Wildman–Crippen LogP) is -1.53. The van der Waals surface area contributed by atoms with E-state index in [1.54, 1.807) is 0 Å². The molecule has 0 aromatic rings. The molecule has 0 unspecified atom stereocenters. The molecule has 0 N–H and O–H groups in total. The minimum atomic E-state index is -0.182. The number of esters is 1. The van der Waals surface area contributed by atoms with Crippen LogP contribution in [0, 0.1) is 0 Å². The molecule has 0 aliphatic heterocycles. The Morgan fingerprint density at radius 3 is 2.56 bits per heavy atom. The quantitative estimate of drug-likeness (QED) is 0.281. The number of rotatable bonds is 3. The van der Waals surface area contributed by atoms with Gasteiger partial charge in [0.05, 0.1) is 6.61 Å². The van der Waals surface area contributed by atoms with Crippen LogP contribution in [0.15, 0.2) is 0 Å². The zero-order valence-corrected chi connectivity index (χ0v) is 9.56. The first-order valence-electron chi connectivity index (χ1n) is 2.90. The molecule has 0 saturated heterocycles. The molecule has 0 saturated carbocycles. The Hall–Kier alpha value is 1.11. The maximum Gasteiger partial charge on any atom is 1.00 e. The Morgan fingerprint density at radius 2 is 2.22 bits per heavy atom. The van der Waals surface area contributed by atoms with Crippen molar-refractivity contribution in [2.45, 2.75) is 26.7 Å². The van der Waals surface area contributed by atoms with Crippen LogP contribution >= 0.6 is 0 Å². The van der Waals surface area contributed by atoms with Crippen molar-refractivity contribution in [3.05, 3.63) is 0 Å². The summed E-state index contributed by atoms with van der Waals surface area (Å²) >= 11 is 0. The maximum atomic E-state index is 10.1. The minimum absolute atomic E-state index is 0. The molecule has 0 aliphatic rings. The normalized spacial score (nSPS) is 7.78. The van der Waals surface area contributed by atoms with E-state index in [0.29, 0.717) is 6.61 Å². The first-order chi connectivity index (χ1) is 3.77. The fraction of sp³-hybridized carbons (Fsp3) is 0.833. The molecule has 2 nitrogen and oxygen atoms in total. The van der Waals surface area contributed by atoms with Crippen LogP contribution in [0.1, 0.15) is 28.1 Å². The first kappa shape index (κ1) is 12.8. The maximum absolute atomic E-state index is 10.1. The monoisotopic (exact) mass is 156 g/mol. The van der Waals surface area contributed by atoms with Gasteiger partial charge in [-0.05, 0) is 6.42 Å². The van der Waals surface area contributed by atoms with E-state index >= 15 is 0 Å². The Morgan fingerprint density at radius 1 is 1.67 bits per heavy atom. The topological polar surface area (TPSA) is 26.3 Å². The zero-order chi connectivity index (χ0) is 6.41. The van der Waals surface area contributed by atoms with E-state index in [0.717, 1.165) is 12.8 Å². The summed E-state index contributed by atoms with van der Waals surface area (Å²) in [7, 11) is 0. The largest absolute Gasteiger partial charge is 1.00 e. The third-order valence-electron chi connectivity index (χ3n) is 0.803. The summed E-state index contributed by atoms with van der Waals surface area (Å²) in [6.07, 6.45) is 2.05. The van der Waals surface area contributed by atoms with Gasteiger partial charge in [0.2, 0.25) is 0 Å². The summed E-state index contributed by atoms with van der Waals surface area (Å²) in [5, 5.41) is 0. The molecule has 9 heavy (non-hydrogen) atoms. The van der Waals surface area contributed by atoms with Gasteiger partial charge in [0, 0.05) is 6.92 Å². The van der Waals surface area contributed by atoms with Crippen molar-refractivity contribution in [1.29, 1.82) is 0 Å². The molecule has 0 rings (SSSR count). The number of hydrogen-bond donors (Lipinski definition) is 0. The minimum Gasteiger partial charge on any atom is -1.00 e. The summed E-state index contributed by atoms with van der Waals surface area (Å²) in [6, 6.07) is 0. The summed E-state index contributed by atoms with van der Waals surface area (Å²) in [4.78, 5) is 10.1. The number of ether oxygens (including phenoxy) is 1. The average Bonchev–Trinajstić information content (AvgIpc) is 1.66. The number of carbonyl (C=O) groups is 1.